The molecular formula is C24H27N5O2S. The van der Waals surface area contributed by atoms with E-state index in [4.69, 9.17) is 0 Å². The van der Waals surface area contributed by atoms with Gasteiger partial charge in [0.25, 0.3) is 11.8 Å². The van der Waals surface area contributed by atoms with Crippen LogP contribution in [0.2, 0.25) is 0 Å². The average Bonchev–Trinajstić information content (AvgIpc) is 3.46. The number of nitrogens with one attached hydrogen (secondary N) is 1. The Morgan fingerprint density at radius 2 is 1.94 bits per heavy atom. The molecule has 3 aromatic rings. The fourth-order valence-electron chi connectivity index (χ4n) is 4.21. The van der Waals surface area contributed by atoms with E-state index in [2.05, 4.69) is 42.2 Å². The third-order valence-corrected chi connectivity index (χ3v) is 7.12. The van der Waals surface area contributed by atoms with Crippen LogP contribution in [-0.4, -0.2) is 46.6 Å². The van der Waals surface area contributed by atoms with Gasteiger partial charge in [-0.05, 0) is 52.6 Å². The molecule has 5 rings (SSSR count). The van der Waals surface area contributed by atoms with Crippen molar-refractivity contribution in [1.29, 1.82) is 0 Å². The normalized spacial score (nSPS) is 15.7. The van der Waals surface area contributed by atoms with Gasteiger partial charge in [-0.25, -0.2) is 4.68 Å². The smallest absolute Gasteiger partial charge is 0.266 e. The number of hydrogen-bond donors (Lipinski definition) is 1. The Bertz CT molecular complexity index is 1220. The van der Waals surface area contributed by atoms with Crippen LogP contribution < -0.4 is 10.2 Å². The monoisotopic (exact) mass is 449 g/mol. The molecule has 1 N–H and O–H groups in total. The summed E-state index contributed by atoms with van der Waals surface area (Å²) in [4.78, 5) is 29.8. The van der Waals surface area contributed by atoms with Crippen molar-refractivity contribution in [2.75, 3.05) is 30.4 Å². The summed E-state index contributed by atoms with van der Waals surface area (Å²) in [5.41, 5.74) is 4.09. The maximum absolute atomic E-state index is 12.8. The molecule has 2 aromatic heterocycles. The van der Waals surface area contributed by atoms with Gasteiger partial charge in [0.2, 0.25) is 0 Å². The summed E-state index contributed by atoms with van der Waals surface area (Å²) in [6.45, 7) is 8.71. The van der Waals surface area contributed by atoms with E-state index >= 15 is 0 Å². The van der Waals surface area contributed by atoms with Crippen LogP contribution in [0.25, 0.3) is 0 Å². The number of thiophene rings is 1. The maximum atomic E-state index is 12.8. The van der Waals surface area contributed by atoms with E-state index < -0.39 is 0 Å². The van der Waals surface area contributed by atoms with Gasteiger partial charge in [0.1, 0.15) is 5.82 Å². The molecular weight excluding hydrogens is 422 g/mol. The minimum Gasteiger partial charge on any atom is -0.341 e. The second kappa shape index (κ2) is 7.48. The van der Waals surface area contributed by atoms with Crippen molar-refractivity contribution in [1.82, 2.24) is 14.7 Å². The number of carbonyl (C=O) groups is 2. The van der Waals surface area contributed by atoms with Gasteiger partial charge >= 0.3 is 0 Å². The van der Waals surface area contributed by atoms with Crippen LogP contribution >= 0.6 is 11.3 Å². The Balaban J connectivity index is 1.35. The molecule has 1 aromatic carbocycles. The average molecular weight is 450 g/mol. The predicted octanol–water partition coefficient (Wildman–Crippen LogP) is 4.27. The van der Waals surface area contributed by atoms with Crippen LogP contribution in [0, 0.1) is 0 Å². The van der Waals surface area contributed by atoms with Gasteiger partial charge < -0.3 is 15.1 Å². The SMILES string of the molecule is CN1CCc2cc(N3CCn4nc(NC(=O)c5cc(C(C)(C)C)cs5)cc43)ccc2C1=O. The summed E-state index contributed by atoms with van der Waals surface area (Å²) < 4.78 is 1.92. The van der Waals surface area contributed by atoms with Gasteiger partial charge in [-0.3, -0.25) is 9.59 Å². The molecule has 0 fully saturated rings. The zero-order valence-corrected chi connectivity index (χ0v) is 19.6. The molecule has 0 unspecified atom stereocenters. The molecule has 0 aliphatic carbocycles. The summed E-state index contributed by atoms with van der Waals surface area (Å²) in [6, 6.07) is 9.91. The fourth-order valence-corrected chi connectivity index (χ4v) is 5.23. The van der Waals surface area contributed by atoms with Crippen molar-refractivity contribution in [3.63, 3.8) is 0 Å². The van der Waals surface area contributed by atoms with Crippen molar-refractivity contribution >= 4 is 40.5 Å². The molecule has 2 amide bonds. The van der Waals surface area contributed by atoms with Crippen molar-refractivity contribution < 1.29 is 9.59 Å². The highest BCUT2D eigenvalue weighted by Crippen LogP contribution is 2.34. The fraction of sp³-hybridized carbons (Fsp3) is 0.375. The zero-order valence-electron chi connectivity index (χ0n) is 18.8. The number of hydrogen-bond acceptors (Lipinski definition) is 5. The molecule has 4 heterocycles. The first-order valence-electron chi connectivity index (χ1n) is 10.8. The maximum Gasteiger partial charge on any atom is 0.266 e. The topological polar surface area (TPSA) is 70.5 Å². The first-order chi connectivity index (χ1) is 15.2. The molecule has 8 heteroatoms. The Kier molecular flexibility index (Phi) is 4.85. The molecule has 32 heavy (non-hydrogen) atoms. The van der Waals surface area contributed by atoms with Crippen molar-refractivity contribution in [3.05, 3.63) is 57.3 Å². The van der Waals surface area contributed by atoms with E-state index in [9.17, 15) is 9.59 Å². The number of fused-ring (bicyclic) bond motifs is 2. The van der Waals surface area contributed by atoms with Gasteiger partial charge in [-0.2, -0.15) is 5.10 Å². The van der Waals surface area contributed by atoms with Crippen molar-refractivity contribution in [2.24, 2.45) is 0 Å². The number of carbonyl (C=O) groups excluding carboxylic acids is 2. The zero-order chi connectivity index (χ0) is 22.6. The molecule has 0 saturated carbocycles. The summed E-state index contributed by atoms with van der Waals surface area (Å²) in [5.74, 6) is 1.44. The lowest BCUT2D eigenvalue weighted by atomic mass is 9.89. The highest BCUT2D eigenvalue weighted by molar-refractivity contribution is 7.12. The van der Waals surface area contributed by atoms with E-state index in [-0.39, 0.29) is 17.2 Å². The second-order valence-corrected chi connectivity index (χ2v) is 10.4. The van der Waals surface area contributed by atoms with Gasteiger partial charge in [-0.1, -0.05) is 20.8 Å². The number of likely N-dealkylation sites (N-methyl/N-ethyl adjacent to an activating group) is 1. The van der Waals surface area contributed by atoms with Crippen molar-refractivity contribution in [2.45, 2.75) is 39.2 Å². The van der Waals surface area contributed by atoms with Gasteiger partial charge in [0, 0.05) is 37.5 Å². The quantitative estimate of drug-likeness (QED) is 0.648. The van der Waals surface area contributed by atoms with Gasteiger partial charge in [0.05, 0.1) is 11.4 Å². The highest BCUT2D eigenvalue weighted by Gasteiger charge is 2.27. The molecule has 0 spiro atoms. The van der Waals surface area contributed by atoms with E-state index in [1.807, 2.05) is 41.4 Å². The van der Waals surface area contributed by atoms with Crippen LogP contribution in [0.4, 0.5) is 17.3 Å². The molecule has 2 aliphatic rings. The van der Waals surface area contributed by atoms with E-state index in [0.29, 0.717) is 10.7 Å². The molecule has 0 atom stereocenters. The first kappa shape index (κ1) is 20.8. The van der Waals surface area contributed by atoms with E-state index in [1.165, 1.54) is 11.3 Å². The number of amides is 2. The predicted molar refractivity (Wildman–Crippen MR) is 127 cm³/mol. The highest BCUT2D eigenvalue weighted by atomic mass is 32.1. The van der Waals surface area contributed by atoms with Crippen LogP contribution in [0.15, 0.2) is 35.7 Å². The van der Waals surface area contributed by atoms with Crippen LogP contribution in [0.5, 0.6) is 0 Å². The number of aromatic nitrogens is 2. The largest absolute Gasteiger partial charge is 0.341 e. The Labute approximate surface area is 191 Å². The third-order valence-electron chi connectivity index (χ3n) is 6.20. The van der Waals surface area contributed by atoms with Crippen molar-refractivity contribution in [3.8, 4) is 0 Å². The standard InChI is InChI=1S/C24H27N5O2S/c1-24(2,3)16-12-19(32-14-16)22(30)25-20-13-21-28(9-10-29(21)26-20)17-5-6-18-15(11-17)7-8-27(4)23(18)31/h5-6,11-14H,7-10H2,1-4H3,(H,25,26,30). The molecule has 166 valence electrons. The first-order valence-corrected chi connectivity index (χ1v) is 11.7. The van der Waals surface area contributed by atoms with Gasteiger partial charge in [-0.15, -0.1) is 11.3 Å². The van der Waals surface area contributed by atoms with E-state index in [0.717, 1.165) is 54.3 Å². The van der Waals surface area contributed by atoms with Gasteiger partial charge in [0.15, 0.2) is 5.82 Å². The van der Waals surface area contributed by atoms with E-state index in [1.54, 1.807) is 4.90 Å². The van der Waals surface area contributed by atoms with Crippen LogP contribution in [-0.2, 0) is 18.4 Å². The molecule has 2 aliphatic heterocycles. The minimum absolute atomic E-state index is 0.0139. The van der Waals surface area contributed by atoms with Crippen LogP contribution in [0.3, 0.4) is 0 Å². The summed E-state index contributed by atoms with van der Waals surface area (Å²) >= 11 is 1.46. The summed E-state index contributed by atoms with van der Waals surface area (Å²) in [5, 5.41) is 9.58. The Morgan fingerprint density at radius 1 is 1.12 bits per heavy atom. The lowest BCUT2D eigenvalue weighted by molar-refractivity contribution is 0.0780. The lowest BCUT2D eigenvalue weighted by Gasteiger charge is -2.26. The minimum atomic E-state index is -0.134. The third kappa shape index (κ3) is 3.58. The Morgan fingerprint density at radius 3 is 2.69 bits per heavy atom. The summed E-state index contributed by atoms with van der Waals surface area (Å²) in [7, 11) is 1.84. The molecule has 0 bridgehead atoms. The lowest BCUT2D eigenvalue weighted by Crippen LogP contribution is -2.34. The Hall–Kier alpha value is -3.13. The molecule has 0 radical (unpaired) electrons. The molecule has 7 nitrogen and oxygen atoms in total. The number of benzene rings is 1. The van der Waals surface area contributed by atoms with Crippen LogP contribution in [0.1, 0.15) is 51.9 Å². The summed E-state index contributed by atoms with van der Waals surface area (Å²) in [6.07, 6.45) is 0.858. The number of rotatable bonds is 3. The number of nitrogens with zero attached hydrogens (tertiary/aromatic N) is 4. The number of anilines is 3. The molecule has 0 saturated heterocycles. The second-order valence-electron chi connectivity index (χ2n) is 9.48.